The van der Waals surface area contributed by atoms with Crippen LogP contribution in [0.15, 0.2) is 30.3 Å². The number of benzene rings is 1. The fourth-order valence-corrected chi connectivity index (χ4v) is 3.23. The standard InChI is InChI=1S/C17H22F2N2O/c1-13-11-17(18,19)9-10-21(13)15(22)20-16(7-8-16)12-14-5-3-2-4-6-14/h2-6,13H,7-12H2,1H3,(H,20,22). The van der Waals surface area contributed by atoms with Crippen molar-refractivity contribution < 1.29 is 13.6 Å². The number of urea groups is 1. The molecular formula is C17H22F2N2O. The maximum absolute atomic E-state index is 13.4. The van der Waals surface area contributed by atoms with Gasteiger partial charge in [-0.15, -0.1) is 0 Å². The number of alkyl halides is 2. The SMILES string of the molecule is CC1CC(F)(F)CCN1C(=O)NC1(Cc2ccccc2)CC1. The maximum Gasteiger partial charge on any atom is 0.318 e. The van der Waals surface area contributed by atoms with Gasteiger partial charge in [0.2, 0.25) is 0 Å². The van der Waals surface area contributed by atoms with Gasteiger partial charge in [-0.2, -0.15) is 0 Å². The Morgan fingerprint density at radius 3 is 2.55 bits per heavy atom. The number of piperidine rings is 1. The van der Waals surface area contributed by atoms with Gasteiger partial charge in [-0.1, -0.05) is 30.3 Å². The van der Waals surface area contributed by atoms with E-state index in [4.69, 9.17) is 0 Å². The van der Waals surface area contributed by atoms with Crippen LogP contribution in [0.25, 0.3) is 0 Å². The van der Waals surface area contributed by atoms with E-state index < -0.39 is 12.0 Å². The summed E-state index contributed by atoms with van der Waals surface area (Å²) in [5.41, 5.74) is 1.01. The Balaban J connectivity index is 1.60. The Hall–Kier alpha value is -1.65. The molecule has 0 radical (unpaired) electrons. The van der Waals surface area contributed by atoms with E-state index >= 15 is 0 Å². The first kappa shape index (κ1) is 15.3. The first-order chi connectivity index (χ1) is 10.4. The lowest BCUT2D eigenvalue weighted by Crippen LogP contribution is -2.54. The third-order valence-electron chi connectivity index (χ3n) is 4.72. The molecule has 1 unspecified atom stereocenters. The van der Waals surface area contributed by atoms with E-state index in [1.807, 2.05) is 18.2 Å². The van der Waals surface area contributed by atoms with Crippen molar-refractivity contribution in [3.8, 4) is 0 Å². The molecule has 1 aromatic rings. The highest BCUT2D eigenvalue weighted by molar-refractivity contribution is 5.76. The molecule has 3 nitrogen and oxygen atoms in total. The summed E-state index contributed by atoms with van der Waals surface area (Å²) in [6, 6.07) is 9.43. The summed E-state index contributed by atoms with van der Waals surface area (Å²) in [6.45, 7) is 1.82. The van der Waals surface area contributed by atoms with E-state index in [1.54, 1.807) is 11.8 Å². The first-order valence-electron chi connectivity index (χ1n) is 7.90. The van der Waals surface area contributed by atoms with E-state index in [0.29, 0.717) is 0 Å². The minimum atomic E-state index is -2.64. The van der Waals surface area contributed by atoms with E-state index in [1.165, 1.54) is 5.56 Å². The summed E-state index contributed by atoms with van der Waals surface area (Å²) in [7, 11) is 0. The van der Waals surface area contributed by atoms with Gasteiger partial charge in [-0.25, -0.2) is 13.6 Å². The van der Waals surface area contributed by atoms with Crippen LogP contribution in [0.2, 0.25) is 0 Å². The molecular weight excluding hydrogens is 286 g/mol. The Kier molecular flexibility index (Phi) is 3.83. The van der Waals surface area contributed by atoms with Crippen LogP contribution in [0, 0.1) is 0 Å². The maximum atomic E-state index is 13.4. The molecule has 0 spiro atoms. The number of carbonyl (C=O) groups excluding carboxylic acids is 1. The zero-order valence-electron chi connectivity index (χ0n) is 12.8. The van der Waals surface area contributed by atoms with Crippen molar-refractivity contribution in [1.29, 1.82) is 0 Å². The van der Waals surface area contributed by atoms with Gasteiger partial charge in [0.05, 0.1) is 0 Å². The van der Waals surface area contributed by atoms with Crippen molar-refractivity contribution in [2.24, 2.45) is 0 Å². The van der Waals surface area contributed by atoms with Crippen molar-refractivity contribution in [1.82, 2.24) is 10.2 Å². The zero-order valence-corrected chi connectivity index (χ0v) is 12.8. The topological polar surface area (TPSA) is 32.3 Å². The van der Waals surface area contributed by atoms with Crippen molar-refractivity contribution in [2.45, 2.75) is 56.5 Å². The zero-order chi connectivity index (χ0) is 15.8. The summed E-state index contributed by atoms with van der Waals surface area (Å²) in [4.78, 5) is 14.0. The van der Waals surface area contributed by atoms with Gasteiger partial charge >= 0.3 is 6.03 Å². The largest absolute Gasteiger partial charge is 0.332 e. The highest BCUT2D eigenvalue weighted by Crippen LogP contribution is 2.39. The smallest absolute Gasteiger partial charge is 0.318 e. The highest BCUT2D eigenvalue weighted by atomic mass is 19.3. The molecule has 2 aliphatic rings. The van der Waals surface area contributed by atoms with Crippen LogP contribution in [0.5, 0.6) is 0 Å². The van der Waals surface area contributed by atoms with Gasteiger partial charge in [0.15, 0.2) is 0 Å². The lowest BCUT2D eigenvalue weighted by atomic mass is 10.00. The molecule has 1 saturated heterocycles. The molecule has 1 atom stereocenters. The van der Waals surface area contributed by atoms with Crippen LogP contribution < -0.4 is 5.32 Å². The van der Waals surface area contributed by atoms with Crippen molar-refractivity contribution in [3.63, 3.8) is 0 Å². The molecule has 22 heavy (non-hydrogen) atoms. The summed E-state index contributed by atoms with van der Waals surface area (Å²) in [5, 5.41) is 3.09. The number of likely N-dealkylation sites (tertiary alicyclic amines) is 1. The van der Waals surface area contributed by atoms with Gasteiger partial charge in [0.1, 0.15) is 0 Å². The number of nitrogens with one attached hydrogen (secondary N) is 1. The predicted octanol–water partition coefficient (Wildman–Crippen LogP) is 3.59. The first-order valence-corrected chi connectivity index (χ1v) is 7.90. The molecule has 1 aliphatic carbocycles. The fourth-order valence-electron chi connectivity index (χ4n) is 3.23. The van der Waals surface area contributed by atoms with Gasteiger partial charge in [0.25, 0.3) is 5.92 Å². The number of rotatable bonds is 3. The number of hydrogen-bond donors (Lipinski definition) is 1. The lowest BCUT2D eigenvalue weighted by Gasteiger charge is -2.38. The Morgan fingerprint density at radius 2 is 1.95 bits per heavy atom. The van der Waals surface area contributed by atoms with Crippen LogP contribution in [-0.2, 0) is 6.42 Å². The summed E-state index contributed by atoms with van der Waals surface area (Å²) in [5.74, 6) is -2.64. The van der Waals surface area contributed by atoms with Gasteiger partial charge in [-0.05, 0) is 31.7 Å². The summed E-state index contributed by atoms with van der Waals surface area (Å²) >= 11 is 0. The van der Waals surface area contributed by atoms with Crippen molar-refractivity contribution in [3.05, 3.63) is 35.9 Å². The molecule has 1 aliphatic heterocycles. The molecule has 120 valence electrons. The number of amides is 2. The van der Waals surface area contributed by atoms with Crippen LogP contribution >= 0.6 is 0 Å². The van der Waals surface area contributed by atoms with Crippen LogP contribution in [-0.4, -0.2) is 35.0 Å². The van der Waals surface area contributed by atoms with E-state index in [0.717, 1.165) is 19.3 Å². The van der Waals surface area contributed by atoms with Crippen molar-refractivity contribution in [2.75, 3.05) is 6.54 Å². The molecule has 1 N–H and O–H groups in total. The summed E-state index contributed by atoms with van der Waals surface area (Å²) in [6.07, 6.45) is 2.22. The van der Waals surface area contributed by atoms with Crippen LogP contribution in [0.4, 0.5) is 13.6 Å². The molecule has 1 aromatic carbocycles. The van der Waals surface area contributed by atoms with Gasteiger partial charge in [0, 0.05) is 31.0 Å². The fraction of sp³-hybridized carbons (Fsp3) is 0.588. The minimum Gasteiger partial charge on any atom is -0.332 e. The normalized spacial score (nSPS) is 25.6. The minimum absolute atomic E-state index is 0.126. The second-order valence-corrected chi connectivity index (χ2v) is 6.73. The molecule has 1 saturated carbocycles. The van der Waals surface area contributed by atoms with E-state index in [-0.39, 0.29) is 31.0 Å². The average Bonchev–Trinajstić information content (AvgIpc) is 3.17. The highest BCUT2D eigenvalue weighted by Gasteiger charge is 2.46. The quantitative estimate of drug-likeness (QED) is 0.909. The molecule has 3 rings (SSSR count). The predicted molar refractivity (Wildman–Crippen MR) is 81.0 cm³/mol. The number of hydrogen-bond acceptors (Lipinski definition) is 1. The monoisotopic (exact) mass is 308 g/mol. The molecule has 1 heterocycles. The number of halogens is 2. The summed E-state index contributed by atoms with van der Waals surface area (Å²) < 4.78 is 26.7. The Bertz CT molecular complexity index is 543. The lowest BCUT2D eigenvalue weighted by molar-refractivity contribution is -0.0641. The number of carbonyl (C=O) groups is 1. The number of nitrogens with zero attached hydrogens (tertiary/aromatic N) is 1. The third-order valence-corrected chi connectivity index (χ3v) is 4.72. The van der Waals surface area contributed by atoms with Gasteiger partial charge in [-0.3, -0.25) is 0 Å². The van der Waals surface area contributed by atoms with Gasteiger partial charge < -0.3 is 10.2 Å². The van der Waals surface area contributed by atoms with Crippen molar-refractivity contribution >= 4 is 6.03 Å². The van der Waals surface area contributed by atoms with E-state index in [9.17, 15) is 13.6 Å². The molecule has 5 heteroatoms. The Morgan fingerprint density at radius 1 is 1.27 bits per heavy atom. The van der Waals surface area contributed by atoms with E-state index in [2.05, 4.69) is 17.4 Å². The average molecular weight is 308 g/mol. The second kappa shape index (κ2) is 5.52. The molecule has 0 bridgehead atoms. The molecule has 2 amide bonds. The molecule has 2 fully saturated rings. The Labute approximate surface area is 129 Å². The second-order valence-electron chi connectivity index (χ2n) is 6.73. The van der Waals surface area contributed by atoms with Crippen LogP contribution in [0.1, 0.15) is 38.2 Å². The van der Waals surface area contributed by atoms with Crippen LogP contribution in [0.3, 0.4) is 0 Å². The third kappa shape index (κ3) is 3.39. The molecule has 0 aromatic heterocycles.